The molecular weight excluding hydrogens is 296 g/mol. The van der Waals surface area contributed by atoms with Gasteiger partial charge in [0, 0.05) is 5.69 Å². The molecule has 9 nitrogen and oxygen atoms in total. The van der Waals surface area contributed by atoms with Crippen LogP contribution in [0.4, 0.5) is 5.69 Å². The molecule has 2 aromatic rings. The number of tetrazole rings is 1. The van der Waals surface area contributed by atoms with Gasteiger partial charge in [0.05, 0.1) is 13.2 Å². The summed E-state index contributed by atoms with van der Waals surface area (Å²) >= 11 is 0. The zero-order valence-corrected chi connectivity index (χ0v) is 12.6. The summed E-state index contributed by atoms with van der Waals surface area (Å²) in [5.74, 6) is 0.451. The summed E-state index contributed by atoms with van der Waals surface area (Å²) in [5.41, 5.74) is 6.88. The van der Waals surface area contributed by atoms with Gasteiger partial charge in [0.15, 0.2) is 5.82 Å². The third-order valence-corrected chi connectivity index (χ3v) is 4.48. The predicted molar refractivity (Wildman–Crippen MR) is 75.1 cm³/mol. The topological polar surface area (TPSA) is 136 Å². The number of rotatable bonds is 5. The van der Waals surface area contributed by atoms with E-state index < -0.39 is 16.1 Å². The molecule has 0 fully saturated rings. The highest BCUT2D eigenvalue weighted by Gasteiger charge is 2.25. The van der Waals surface area contributed by atoms with Crippen LogP contribution in [0.25, 0.3) is 0 Å². The van der Waals surface area contributed by atoms with E-state index in [1.807, 2.05) is 0 Å². The van der Waals surface area contributed by atoms with E-state index in [9.17, 15) is 8.42 Å². The summed E-state index contributed by atoms with van der Waals surface area (Å²) < 4.78 is 32.5. The van der Waals surface area contributed by atoms with Crippen molar-refractivity contribution in [3.63, 3.8) is 0 Å². The van der Waals surface area contributed by atoms with Gasteiger partial charge in [-0.2, -0.15) is 5.21 Å². The Kier molecular flexibility index (Phi) is 4.09. The summed E-state index contributed by atoms with van der Waals surface area (Å²) in [4.78, 5) is -0.0385. The van der Waals surface area contributed by atoms with Crippen LogP contribution < -0.4 is 15.2 Å². The highest BCUT2D eigenvalue weighted by Crippen LogP contribution is 2.29. The van der Waals surface area contributed by atoms with E-state index >= 15 is 0 Å². The van der Waals surface area contributed by atoms with Crippen molar-refractivity contribution in [2.75, 3.05) is 12.8 Å². The number of hydrogen-bond acceptors (Lipinski definition) is 7. The number of H-pyrrole nitrogens is 1. The van der Waals surface area contributed by atoms with Crippen LogP contribution in [0.1, 0.15) is 24.4 Å². The smallest absolute Gasteiger partial charge is 0.244 e. The highest BCUT2D eigenvalue weighted by molar-refractivity contribution is 7.89. The zero-order valence-electron chi connectivity index (χ0n) is 11.8. The van der Waals surface area contributed by atoms with Crippen molar-refractivity contribution in [2.24, 2.45) is 0 Å². The SMILES string of the molecule is COc1cc(C)c(N)cc1S(=O)(=O)NC(C)c1nn[nH]n1. The Labute approximate surface area is 121 Å². The van der Waals surface area contributed by atoms with Crippen molar-refractivity contribution in [3.8, 4) is 5.75 Å². The molecule has 1 atom stereocenters. The van der Waals surface area contributed by atoms with Gasteiger partial charge in [-0.05, 0) is 31.5 Å². The lowest BCUT2D eigenvalue weighted by molar-refractivity contribution is 0.402. The molecule has 21 heavy (non-hydrogen) atoms. The van der Waals surface area contributed by atoms with Crippen molar-refractivity contribution in [1.82, 2.24) is 25.3 Å². The molecule has 1 heterocycles. The maximum Gasteiger partial charge on any atom is 0.244 e. The number of hydrogen-bond donors (Lipinski definition) is 3. The van der Waals surface area contributed by atoms with Gasteiger partial charge in [-0.25, -0.2) is 13.1 Å². The van der Waals surface area contributed by atoms with E-state index in [2.05, 4.69) is 25.3 Å². The molecular formula is C11H16N6O3S. The first-order chi connectivity index (χ1) is 9.85. The number of benzene rings is 1. The number of anilines is 1. The molecule has 0 bridgehead atoms. The number of sulfonamides is 1. The minimum absolute atomic E-state index is 0.0385. The number of nitrogens with one attached hydrogen (secondary N) is 2. The van der Waals surface area contributed by atoms with Gasteiger partial charge < -0.3 is 10.5 Å². The third kappa shape index (κ3) is 3.11. The second-order valence-corrected chi connectivity index (χ2v) is 6.16. The van der Waals surface area contributed by atoms with Gasteiger partial charge in [-0.1, -0.05) is 5.21 Å². The first-order valence-electron chi connectivity index (χ1n) is 6.05. The van der Waals surface area contributed by atoms with Crippen molar-refractivity contribution in [1.29, 1.82) is 0 Å². The summed E-state index contributed by atoms with van der Waals surface area (Å²) in [6, 6.07) is 2.28. The molecule has 4 N–H and O–H groups in total. The minimum atomic E-state index is -3.84. The van der Waals surface area contributed by atoms with E-state index in [1.165, 1.54) is 13.2 Å². The Morgan fingerprint density at radius 3 is 2.71 bits per heavy atom. The second-order valence-electron chi connectivity index (χ2n) is 4.47. The molecule has 0 aliphatic heterocycles. The number of nitrogens with zero attached hydrogens (tertiary/aromatic N) is 3. The van der Waals surface area contributed by atoms with Gasteiger partial charge in [0.25, 0.3) is 0 Å². The average Bonchev–Trinajstić information content (AvgIpc) is 2.94. The van der Waals surface area contributed by atoms with Crippen LogP contribution in [0, 0.1) is 6.92 Å². The lowest BCUT2D eigenvalue weighted by atomic mass is 10.2. The maximum absolute atomic E-state index is 12.4. The fourth-order valence-electron chi connectivity index (χ4n) is 1.75. The molecule has 1 aromatic heterocycles. The molecule has 2 rings (SSSR count). The van der Waals surface area contributed by atoms with Gasteiger partial charge in [-0.3, -0.25) is 0 Å². The number of ether oxygens (including phenoxy) is 1. The van der Waals surface area contributed by atoms with Gasteiger partial charge in [-0.15, -0.1) is 10.2 Å². The molecule has 114 valence electrons. The van der Waals surface area contributed by atoms with E-state index in [1.54, 1.807) is 19.9 Å². The maximum atomic E-state index is 12.4. The summed E-state index contributed by atoms with van der Waals surface area (Å²) in [5, 5.41) is 13.1. The fraction of sp³-hybridized carbons (Fsp3) is 0.364. The van der Waals surface area contributed by atoms with Crippen LogP contribution in [0.5, 0.6) is 5.75 Å². The molecule has 1 unspecified atom stereocenters. The van der Waals surface area contributed by atoms with E-state index in [4.69, 9.17) is 10.5 Å². The number of aromatic nitrogens is 4. The van der Waals surface area contributed by atoms with E-state index in [0.717, 1.165) is 5.56 Å². The normalized spacial score (nSPS) is 13.1. The first kappa shape index (κ1) is 15.2. The Balaban J connectivity index is 2.38. The van der Waals surface area contributed by atoms with E-state index in [-0.39, 0.29) is 16.5 Å². The van der Waals surface area contributed by atoms with Gasteiger partial charge in [0.1, 0.15) is 10.6 Å². The molecule has 0 saturated carbocycles. The highest BCUT2D eigenvalue weighted by atomic mass is 32.2. The number of nitrogens with two attached hydrogens (primary N) is 1. The number of aryl methyl sites for hydroxylation is 1. The molecule has 10 heteroatoms. The Morgan fingerprint density at radius 1 is 1.43 bits per heavy atom. The van der Waals surface area contributed by atoms with Crippen molar-refractivity contribution in [2.45, 2.75) is 24.8 Å². The molecule has 0 aliphatic carbocycles. The van der Waals surface area contributed by atoms with E-state index in [0.29, 0.717) is 5.69 Å². The quantitative estimate of drug-likeness (QED) is 0.668. The number of aromatic amines is 1. The second kappa shape index (κ2) is 5.66. The fourth-order valence-corrected chi connectivity index (χ4v) is 3.14. The van der Waals surface area contributed by atoms with Gasteiger partial charge >= 0.3 is 0 Å². The van der Waals surface area contributed by atoms with Crippen LogP contribution in [-0.2, 0) is 10.0 Å². The monoisotopic (exact) mass is 312 g/mol. The van der Waals surface area contributed by atoms with Crippen molar-refractivity contribution < 1.29 is 13.2 Å². The molecule has 1 aromatic carbocycles. The molecule has 0 saturated heterocycles. The molecule has 0 radical (unpaired) electrons. The van der Waals surface area contributed by atoms with Gasteiger partial charge in [0.2, 0.25) is 10.0 Å². The number of nitrogen functional groups attached to an aromatic ring is 1. The lowest BCUT2D eigenvalue weighted by Crippen LogP contribution is -2.28. The predicted octanol–water partition coefficient (Wildman–Crippen LogP) is 0.138. The molecule has 0 aliphatic rings. The Bertz CT molecular complexity index is 729. The molecule has 0 spiro atoms. The third-order valence-electron chi connectivity index (χ3n) is 2.92. The largest absolute Gasteiger partial charge is 0.495 e. The van der Waals surface area contributed by atoms with Crippen LogP contribution in [0.15, 0.2) is 17.0 Å². The minimum Gasteiger partial charge on any atom is -0.495 e. The Hall–Kier alpha value is -2.20. The zero-order chi connectivity index (χ0) is 15.6. The summed E-state index contributed by atoms with van der Waals surface area (Å²) in [6.07, 6.45) is 0. The lowest BCUT2D eigenvalue weighted by Gasteiger charge is -2.15. The number of methoxy groups -OCH3 is 1. The average molecular weight is 312 g/mol. The van der Waals surface area contributed by atoms with Crippen molar-refractivity contribution in [3.05, 3.63) is 23.5 Å². The first-order valence-corrected chi connectivity index (χ1v) is 7.53. The van der Waals surface area contributed by atoms with Crippen LogP contribution in [0.3, 0.4) is 0 Å². The molecule has 0 amide bonds. The summed E-state index contributed by atoms with van der Waals surface area (Å²) in [6.45, 7) is 3.37. The van der Waals surface area contributed by atoms with Crippen LogP contribution in [-0.4, -0.2) is 36.2 Å². The Morgan fingerprint density at radius 2 is 2.14 bits per heavy atom. The van der Waals surface area contributed by atoms with Crippen LogP contribution in [0.2, 0.25) is 0 Å². The summed E-state index contributed by atoms with van der Waals surface area (Å²) in [7, 11) is -2.45. The van der Waals surface area contributed by atoms with Crippen molar-refractivity contribution >= 4 is 15.7 Å². The van der Waals surface area contributed by atoms with Crippen LogP contribution >= 0.6 is 0 Å². The standard InChI is InChI=1S/C11H16N6O3S/c1-6-4-9(20-3)10(5-8(6)12)21(18,19)15-7(2)11-13-16-17-14-11/h4-5,7,15H,12H2,1-3H3,(H,13,14,16,17).